The Labute approximate surface area is 58.3 Å². The lowest BCUT2D eigenvalue weighted by atomic mass is 10.5. The highest BCUT2D eigenvalue weighted by atomic mass is 16.7. The second-order valence-corrected chi connectivity index (χ2v) is 1.46. The summed E-state index contributed by atoms with van der Waals surface area (Å²) in [6, 6.07) is 0. The molecule has 0 aliphatic carbocycles. The molecule has 10 heavy (non-hydrogen) atoms. The Bertz CT molecular complexity index is 121. The maximum absolute atomic E-state index is 10.2. The molecule has 58 valence electrons. The van der Waals surface area contributed by atoms with E-state index in [-0.39, 0.29) is 0 Å². The van der Waals surface area contributed by atoms with Crippen LogP contribution in [0.25, 0.3) is 0 Å². The van der Waals surface area contributed by atoms with Gasteiger partial charge in [-0.2, -0.15) is 0 Å². The third-order valence-electron chi connectivity index (χ3n) is 1.02. The summed E-state index contributed by atoms with van der Waals surface area (Å²) in [5, 5.41) is 2.05. The summed E-state index contributed by atoms with van der Waals surface area (Å²) in [5.74, 6) is -1.62. The molecule has 0 rings (SSSR count). The molecule has 5 heteroatoms. The molecule has 0 atom stereocenters. The molecule has 0 saturated carbocycles. The number of hydrogen-bond acceptors (Lipinski definition) is 4. The number of ether oxygens (including phenoxy) is 2. The molecule has 0 aromatic rings. The van der Waals surface area contributed by atoms with Gasteiger partial charge in [-0.05, 0) is 0 Å². The molecule has 1 N–H and O–H groups in total. The summed E-state index contributed by atoms with van der Waals surface area (Å²) >= 11 is 0. The van der Waals surface area contributed by atoms with Crippen molar-refractivity contribution in [3.63, 3.8) is 0 Å². The van der Waals surface area contributed by atoms with Crippen molar-refractivity contribution >= 4 is 12.7 Å². The molecular weight excluding hydrogens is 138 g/mol. The van der Waals surface area contributed by atoms with Gasteiger partial charge in [0.15, 0.2) is 0 Å². The van der Waals surface area contributed by atoms with Gasteiger partial charge in [-0.1, -0.05) is 0 Å². The van der Waals surface area contributed by atoms with E-state index in [1.54, 1.807) is 0 Å². The van der Waals surface area contributed by atoms with Crippen molar-refractivity contribution < 1.29 is 19.1 Å². The Morgan fingerprint density at radius 3 is 1.90 bits per heavy atom. The molecule has 0 unspecified atom stereocenters. The normalized spacial score (nSPS) is 10.6. The predicted molar refractivity (Wildman–Crippen MR) is 32.0 cm³/mol. The first-order valence-corrected chi connectivity index (χ1v) is 2.52. The number of nitrogens with one attached hydrogen (secondary N) is 1. The van der Waals surface area contributed by atoms with E-state index in [1.165, 1.54) is 14.2 Å². The Kier molecular flexibility index (Phi) is 3.60. The van der Waals surface area contributed by atoms with Crippen LogP contribution < -0.4 is 5.32 Å². The molecule has 0 aliphatic heterocycles. The highest BCUT2D eigenvalue weighted by Gasteiger charge is 2.27. The van der Waals surface area contributed by atoms with Crippen molar-refractivity contribution in [1.82, 2.24) is 5.32 Å². The first-order chi connectivity index (χ1) is 4.74. The number of amides is 1. The van der Waals surface area contributed by atoms with Crippen molar-refractivity contribution in [1.29, 1.82) is 0 Å². The van der Waals surface area contributed by atoms with E-state index in [9.17, 15) is 9.59 Å². The van der Waals surface area contributed by atoms with Crippen LogP contribution in [0.1, 0.15) is 0 Å². The van der Waals surface area contributed by atoms with Gasteiger partial charge in [-0.25, -0.2) is 0 Å². The Morgan fingerprint density at radius 1 is 1.30 bits per heavy atom. The van der Waals surface area contributed by atoms with E-state index in [2.05, 4.69) is 14.8 Å². The quantitative estimate of drug-likeness (QED) is 0.395. The number of carbonyl (C=O) groups is 2. The second kappa shape index (κ2) is 3.97. The maximum Gasteiger partial charge on any atom is 0.310 e. The smallest absolute Gasteiger partial charge is 0.310 e. The van der Waals surface area contributed by atoms with E-state index < -0.39 is 5.91 Å². The minimum Gasteiger partial charge on any atom is -0.330 e. The van der Waals surface area contributed by atoms with Crippen molar-refractivity contribution in [3.8, 4) is 0 Å². The van der Waals surface area contributed by atoms with Gasteiger partial charge in [0.05, 0.1) is 0 Å². The van der Waals surface area contributed by atoms with Gasteiger partial charge in [0, 0.05) is 14.2 Å². The number of carbonyl (C=O) groups excluding carboxylic acids is 2. The minimum atomic E-state index is -1.62. The van der Waals surface area contributed by atoms with Crippen LogP contribution in [0.2, 0.25) is 0 Å². The second-order valence-electron chi connectivity index (χ2n) is 1.46. The fourth-order valence-electron chi connectivity index (χ4n) is 0.414. The molecule has 0 aromatic carbocycles. The molecule has 0 aliphatic rings. The SMILES string of the molecule is COC(C=O)(NC=O)OC. The monoisotopic (exact) mass is 147 g/mol. The van der Waals surface area contributed by atoms with Crippen LogP contribution in [0.5, 0.6) is 0 Å². The van der Waals surface area contributed by atoms with Crippen molar-refractivity contribution in [3.05, 3.63) is 0 Å². The molecule has 0 aromatic heterocycles. The highest BCUT2D eigenvalue weighted by molar-refractivity contribution is 5.65. The summed E-state index contributed by atoms with van der Waals surface area (Å²) in [7, 11) is 2.49. The van der Waals surface area contributed by atoms with Crippen LogP contribution >= 0.6 is 0 Å². The van der Waals surface area contributed by atoms with E-state index in [0.29, 0.717) is 12.7 Å². The third kappa shape index (κ3) is 1.78. The van der Waals surface area contributed by atoms with Crippen LogP contribution in [0.15, 0.2) is 0 Å². The summed E-state index contributed by atoms with van der Waals surface area (Å²) in [5.41, 5.74) is 0. The zero-order valence-corrected chi connectivity index (χ0v) is 5.79. The first kappa shape index (κ1) is 9.06. The van der Waals surface area contributed by atoms with Gasteiger partial charge in [0.2, 0.25) is 12.7 Å². The standard InChI is InChI=1S/C5H9NO4/c1-9-5(3-7,10-2)6-4-8/h3-4H,1-2H3,(H,6,8). The largest absolute Gasteiger partial charge is 0.330 e. The molecule has 0 saturated heterocycles. The van der Waals surface area contributed by atoms with Crippen molar-refractivity contribution in [2.24, 2.45) is 0 Å². The molecule has 0 fully saturated rings. The summed E-state index contributed by atoms with van der Waals surface area (Å²) in [6.07, 6.45) is 0.669. The molecule has 0 radical (unpaired) electrons. The molecule has 5 nitrogen and oxygen atoms in total. The van der Waals surface area contributed by atoms with Crippen molar-refractivity contribution in [2.75, 3.05) is 14.2 Å². The maximum atomic E-state index is 10.2. The van der Waals surface area contributed by atoms with E-state index >= 15 is 0 Å². The van der Waals surface area contributed by atoms with E-state index in [4.69, 9.17) is 0 Å². The molecule has 0 bridgehead atoms. The van der Waals surface area contributed by atoms with Gasteiger partial charge in [0.25, 0.3) is 0 Å². The van der Waals surface area contributed by atoms with Gasteiger partial charge >= 0.3 is 5.91 Å². The summed E-state index contributed by atoms with van der Waals surface area (Å²) < 4.78 is 9.09. The number of methoxy groups -OCH3 is 2. The average molecular weight is 147 g/mol. The molecular formula is C5H9NO4. The first-order valence-electron chi connectivity index (χ1n) is 2.52. The Balaban J connectivity index is 4.13. The van der Waals surface area contributed by atoms with Crippen LogP contribution in [-0.2, 0) is 19.1 Å². The van der Waals surface area contributed by atoms with Gasteiger partial charge in [0.1, 0.15) is 0 Å². The molecule has 1 amide bonds. The predicted octanol–water partition coefficient (Wildman–Crippen LogP) is -1.12. The number of aldehydes is 1. The lowest BCUT2D eigenvalue weighted by Crippen LogP contribution is -2.49. The van der Waals surface area contributed by atoms with Gasteiger partial charge < -0.3 is 14.8 Å². The van der Waals surface area contributed by atoms with Gasteiger partial charge in [-0.15, -0.1) is 0 Å². The van der Waals surface area contributed by atoms with Crippen LogP contribution in [0.4, 0.5) is 0 Å². The summed E-state index contributed by atoms with van der Waals surface area (Å²) in [6.45, 7) is 0. The highest BCUT2D eigenvalue weighted by Crippen LogP contribution is 1.99. The fraction of sp³-hybridized carbons (Fsp3) is 0.600. The van der Waals surface area contributed by atoms with Crippen molar-refractivity contribution in [2.45, 2.75) is 5.91 Å². The van der Waals surface area contributed by atoms with Crippen LogP contribution in [0, 0.1) is 0 Å². The van der Waals surface area contributed by atoms with Crippen LogP contribution in [0.3, 0.4) is 0 Å². The van der Waals surface area contributed by atoms with E-state index in [0.717, 1.165) is 0 Å². The minimum absolute atomic E-state index is 0.321. The Morgan fingerprint density at radius 2 is 1.80 bits per heavy atom. The molecule has 0 heterocycles. The topological polar surface area (TPSA) is 64.6 Å². The Hall–Kier alpha value is -0.940. The van der Waals surface area contributed by atoms with Gasteiger partial charge in [-0.3, -0.25) is 9.59 Å². The average Bonchev–Trinajstić information content (AvgIpc) is 2.01. The number of hydrogen-bond donors (Lipinski definition) is 1. The lowest BCUT2D eigenvalue weighted by molar-refractivity contribution is -0.208. The zero-order valence-electron chi connectivity index (χ0n) is 5.79. The molecule has 0 spiro atoms. The zero-order chi connectivity index (χ0) is 8.04. The fourth-order valence-corrected chi connectivity index (χ4v) is 0.414. The summed E-state index contributed by atoms with van der Waals surface area (Å²) in [4.78, 5) is 20.1. The number of rotatable bonds is 5. The van der Waals surface area contributed by atoms with E-state index in [1.807, 2.05) is 0 Å². The third-order valence-corrected chi connectivity index (χ3v) is 1.02. The van der Waals surface area contributed by atoms with Crippen LogP contribution in [-0.4, -0.2) is 32.8 Å². The lowest BCUT2D eigenvalue weighted by Gasteiger charge is -2.22.